The Hall–Kier alpha value is -8.93. The van der Waals surface area contributed by atoms with E-state index in [0.717, 1.165) is 55.7 Å². The molecule has 320 valence electrons. The van der Waals surface area contributed by atoms with Gasteiger partial charge in [0.15, 0.2) is 0 Å². The van der Waals surface area contributed by atoms with E-state index in [2.05, 4.69) is 151 Å². The number of fused-ring (bicyclic) bond motifs is 7. The highest BCUT2D eigenvalue weighted by Gasteiger charge is 2.22. The lowest BCUT2D eigenvalue weighted by Crippen LogP contribution is -2.10. The quantitative estimate of drug-likeness (QED) is 0.149. The first-order valence-corrected chi connectivity index (χ1v) is 22.7. The maximum absolute atomic E-state index is 14.9. The van der Waals surface area contributed by atoms with Crippen molar-refractivity contribution in [3.8, 4) is 44.5 Å². The lowest BCUT2D eigenvalue weighted by Gasteiger charge is -2.25. The minimum absolute atomic E-state index is 0.352. The van der Waals surface area contributed by atoms with Crippen LogP contribution < -0.4 is 4.90 Å². The molecule has 2 aromatic heterocycles. The fraction of sp³-hybridized carbons (Fsp3) is 0. The fourth-order valence-corrected chi connectivity index (χ4v) is 10.4. The average molecular weight is 877 g/mol. The van der Waals surface area contributed by atoms with Crippen molar-refractivity contribution < 1.29 is 13.2 Å². The second-order valence-electron chi connectivity index (χ2n) is 17.4. The van der Waals surface area contributed by atoms with Gasteiger partial charge >= 0.3 is 0 Å². The number of hydrogen-bond donors (Lipinski definition) is 0. The second kappa shape index (κ2) is 15.9. The standard InChI is InChI=1S/C63H38F2N2O/c64-45-34-46(65)36-49(35-45)67(47-25-21-39(22-26-47)44-14-9-31-66-38-44)48-27-30-53-52-28-23-43(33-60(52)68-61(53)37-48)42-24-29-58-59(32-42)63(55-20-8-13-41-11-2-4-16-51(41)55)57-18-6-5-17-56(57)62(58)54-19-7-12-40-10-1-3-15-50(40)54/h1-38H. The topological polar surface area (TPSA) is 29.3 Å². The summed E-state index contributed by atoms with van der Waals surface area (Å²) in [5.74, 6) is -1.32. The molecule has 5 heteroatoms. The first-order valence-electron chi connectivity index (χ1n) is 22.7. The van der Waals surface area contributed by atoms with Crippen LogP contribution in [0.25, 0.3) is 110 Å². The van der Waals surface area contributed by atoms with Gasteiger partial charge in [0.2, 0.25) is 0 Å². The van der Waals surface area contributed by atoms with Gasteiger partial charge < -0.3 is 9.32 Å². The van der Waals surface area contributed by atoms with Gasteiger partial charge in [-0.2, -0.15) is 0 Å². The lowest BCUT2D eigenvalue weighted by atomic mass is 9.83. The van der Waals surface area contributed by atoms with E-state index < -0.39 is 11.6 Å². The number of halogens is 2. The third-order valence-corrected chi connectivity index (χ3v) is 13.4. The van der Waals surface area contributed by atoms with Crippen molar-refractivity contribution in [3.63, 3.8) is 0 Å². The minimum atomic E-state index is -0.662. The molecule has 68 heavy (non-hydrogen) atoms. The Morgan fingerprint density at radius 3 is 1.50 bits per heavy atom. The van der Waals surface area contributed by atoms with E-state index >= 15 is 0 Å². The van der Waals surface area contributed by atoms with Crippen LogP contribution in [0.15, 0.2) is 235 Å². The van der Waals surface area contributed by atoms with Crippen LogP contribution in [-0.2, 0) is 0 Å². The molecule has 13 aromatic rings. The molecule has 0 aliphatic carbocycles. The van der Waals surface area contributed by atoms with E-state index in [1.54, 1.807) is 6.20 Å². The summed E-state index contributed by atoms with van der Waals surface area (Å²) >= 11 is 0. The summed E-state index contributed by atoms with van der Waals surface area (Å²) in [6.45, 7) is 0. The van der Waals surface area contributed by atoms with Gasteiger partial charge in [0.25, 0.3) is 0 Å². The van der Waals surface area contributed by atoms with Gasteiger partial charge in [-0.15, -0.1) is 0 Å². The Bertz CT molecular complexity index is 4090. The average Bonchev–Trinajstić information content (AvgIpc) is 3.75. The highest BCUT2D eigenvalue weighted by atomic mass is 19.1. The number of benzene rings is 11. The van der Waals surface area contributed by atoms with Gasteiger partial charge in [-0.1, -0.05) is 146 Å². The van der Waals surface area contributed by atoms with Gasteiger partial charge in [-0.3, -0.25) is 4.98 Å². The van der Waals surface area contributed by atoms with Crippen molar-refractivity contribution >= 4 is 82.1 Å². The summed E-state index contributed by atoms with van der Waals surface area (Å²) < 4.78 is 36.5. The molecule has 3 nitrogen and oxygen atoms in total. The van der Waals surface area contributed by atoms with Crippen LogP contribution in [0.4, 0.5) is 25.8 Å². The molecule has 13 rings (SSSR count). The summed E-state index contributed by atoms with van der Waals surface area (Å²) in [4.78, 5) is 6.11. The molecule has 0 radical (unpaired) electrons. The van der Waals surface area contributed by atoms with Crippen LogP contribution >= 0.6 is 0 Å². The number of aromatic nitrogens is 1. The Balaban J connectivity index is 0.979. The molecular formula is C63H38F2N2O. The predicted octanol–water partition coefficient (Wildman–Crippen LogP) is 18.0. The molecule has 0 aliphatic rings. The molecule has 0 fully saturated rings. The number of furan rings is 1. The molecule has 0 atom stereocenters. The van der Waals surface area contributed by atoms with E-state index in [1.807, 2.05) is 65.7 Å². The smallest absolute Gasteiger partial charge is 0.137 e. The largest absolute Gasteiger partial charge is 0.456 e. The first kappa shape index (κ1) is 39.4. The second-order valence-corrected chi connectivity index (χ2v) is 17.4. The van der Waals surface area contributed by atoms with Crippen molar-refractivity contribution in [2.24, 2.45) is 0 Å². The maximum atomic E-state index is 14.9. The van der Waals surface area contributed by atoms with Crippen LogP contribution in [0.1, 0.15) is 0 Å². The third kappa shape index (κ3) is 6.58. The molecule has 0 unspecified atom stereocenters. The van der Waals surface area contributed by atoms with E-state index in [0.29, 0.717) is 17.0 Å². The molecule has 0 N–H and O–H groups in total. The molecule has 0 bridgehead atoms. The van der Waals surface area contributed by atoms with Crippen LogP contribution in [0, 0.1) is 11.6 Å². The molecule has 0 saturated carbocycles. The Morgan fingerprint density at radius 1 is 0.338 bits per heavy atom. The Labute approximate surface area is 390 Å². The van der Waals surface area contributed by atoms with E-state index in [9.17, 15) is 8.78 Å². The Kier molecular flexibility index (Phi) is 9.22. The third-order valence-electron chi connectivity index (χ3n) is 13.4. The van der Waals surface area contributed by atoms with Crippen molar-refractivity contribution in [1.82, 2.24) is 4.98 Å². The SMILES string of the molecule is Fc1cc(F)cc(N(c2ccc(-c3cccnc3)cc2)c2ccc3c(c2)oc2cc(-c4ccc5c(-c6cccc7ccccc67)c6ccccc6c(-c6cccc7ccccc67)c5c4)ccc23)c1. The van der Waals surface area contributed by atoms with Crippen LogP contribution in [0.5, 0.6) is 0 Å². The fourth-order valence-electron chi connectivity index (χ4n) is 10.4. The van der Waals surface area contributed by atoms with Crippen LogP contribution in [0.2, 0.25) is 0 Å². The minimum Gasteiger partial charge on any atom is -0.456 e. The van der Waals surface area contributed by atoms with E-state index in [-0.39, 0.29) is 0 Å². The zero-order valence-electron chi connectivity index (χ0n) is 36.5. The highest BCUT2D eigenvalue weighted by molar-refractivity contribution is 6.25. The molecule has 0 aliphatic heterocycles. The number of rotatable bonds is 7. The van der Waals surface area contributed by atoms with Gasteiger partial charge in [0.1, 0.15) is 22.8 Å². The Morgan fingerprint density at radius 2 is 0.853 bits per heavy atom. The van der Waals surface area contributed by atoms with Crippen molar-refractivity contribution in [2.45, 2.75) is 0 Å². The van der Waals surface area contributed by atoms with E-state index in [1.165, 1.54) is 72.1 Å². The number of nitrogens with zero attached hydrogens (tertiary/aromatic N) is 2. The summed E-state index contributed by atoms with van der Waals surface area (Å²) in [7, 11) is 0. The highest BCUT2D eigenvalue weighted by Crippen LogP contribution is 2.48. The number of anilines is 3. The summed E-state index contributed by atoms with van der Waals surface area (Å²) in [6.07, 6.45) is 3.55. The maximum Gasteiger partial charge on any atom is 0.137 e. The summed E-state index contributed by atoms with van der Waals surface area (Å²) in [5, 5.41) is 11.5. The lowest BCUT2D eigenvalue weighted by molar-refractivity contribution is 0.584. The van der Waals surface area contributed by atoms with Gasteiger partial charge in [0, 0.05) is 46.7 Å². The number of pyridine rings is 1. The van der Waals surface area contributed by atoms with Crippen molar-refractivity contribution in [2.75, 3.05) is 4.90 Å². The monoisotopic (exact) mass is 876 g/mol. The first-order chi connectivity index (χ1) is 33.5. The zero-order valence-corrected chi connectivity index (χ0v) is 36.5. The number of hydrogen-bond acceptors (Lipinski definition) is 3. The van der Waals surface area contributed by atoms with Gasteiger partial charge in [-0.25, -0.2) is 8.78 Å². The summed E-state index contributed by atoms with van der Waals surface area (Å²) in [5.41, 5.74) is 12.0. The van der Waals surface area contributed by atoms with Crippen LogP contribution in [-0.4, -0.2) is 4.98 Å². The van der Waals surface area contributed by atoms with Crippen molar-refractivity contribution in [3.05, 3.63) is 242 Å². The normalized spacial score (nSPS) is 11.7. The van der Waals surface area contributed by atoms with E-state index in [4.69, 9.17) is 4.42 Å². The molecule has 0 saturated heterocycles. The molecule has 0 amide bonds. The molecular weight excluding hydrogens is 839 g/mol. The van der Waals surface area contributed by atoms with Crippen LogP contribution in [0.3, 0.4) is 0 Å². The van der Waals surface area contributed by atoms with Crippen molar-refractivity contribution in [1.29, 1.82) is 0 Å². The zero-order chi connectivity index (χ0) is 45.3. The molecule has 0 spiro atoms. The predicted molar refractivity (Wildman–Crippen MR) is 278 cm³/mol. The molecule has 11 aromatic carbocycles. The summed E-state index contributed by atoms with van der Waals surface area (Å²) in [6, 6.07) is 73.9. The van der Waals surface area contributed by atoms with Gasteiger partial charge in [-0.05, 0) is 148 Å². The molecule has 2 heterocycles. The van der Waals surface area contributed by atoms with Gasteiger partial charge in [0.05, 0.1) is 5.69 Å².